The van der Waals surface area contributed by atoms with Crippen molar-refractivity contribution in [2.75, 3.05) is 0 Å². The maximum Gasteiger partial charge on any atom is 0.573 e. The monoisotopic (exact) mass is 257 g/mol. The van der Waals surface area contributed by atoms with E-state index in [4.69, 9.17) is 0 Å². The van der Waals surface area contributed by atoms with Crippen LogP contribution in [0.15, 0.2) is 30.6 Å². The fourth-order valence-corrected chi connectivity index (χ4v) is 1.35. The van der Waals surface area contributed by atoms with Crippen molar-refractivity contribution >= 4 is 6.29 Å². The second kappa shape index (κ2) is 4.47. The molecule has 0 atom stereocenters. The summed E-state index contributed by atoms with van der Waals surface area (Å²) in [5.41, 5.74) is 0.262. The third-order valence-electron chi connectivity index (χ3n) is 1.99. The molecule has 1 aromatic carbocycles. The predicted octanol–water partition coefficient (Wildman–Crippen LogP) is 1.98. The Labute approximate surface area is 98.8 Å². The molecule has 0 saturated carbocycles. The second-order valence-corrected chi connectivity index (χ2v) is 3.20. The Morgan fingerprint density at radius 3 is 2.44 bits per heavy atom. The molecular formula is C10H6F3N3O2. The Bertz CT molecular complexity index is 552. The standard InChI is InChI=1S/C10H6F3N3O2/c11-10(12,13)18-8-1-2-9(7(5-8)6-17)16-14-3-4-15-16/h1-6H. The SMILES string of the molecule is O=Cc1cc(OC(F)(F)F)ccc1-n1nccn1. The van der Waals surface area contributed by atoms with Crippen LogP contribution in [0.1, 0.15) is 10.4 Å². The predicted molar refractivity (Wildman–Crippen MR) is 53.4 cm³/mol. The number of nitrogens with zero attached hydrogens (tertiary/aromatic N) is 3. The number of aldehydes is 1. The van der Waals surface area contributed by atoms with E-state index in [0.29, 0.717) is 6.29 Å². The molecule has 0 radical (unpaired) electrons. The van der Waals surface area contributed by atoms with Crippen LogP contribution in [0.3, 0.4) is 0 Å². The van der Waals surface area contributed by atoms with Crippen LogP contribution in [-0.2, 0) is 0 Å². The van der Waals surface area contributed by atoms with Crippen molar-refractivity contribution in [2.24, 2.45) is 0 Å². The number of ether oxygens (including phenoxy) is 1. The van der Waals surface area contributed by atoms with E-state index in [1.54, 1.807) is 0 Å². The van der Waals surface area contributed by atoms with Gasteiger partial charge in [0.1, 0.15) is 5.75 Å². The van der Waals surface area contributed by atoms with Gasteiger partial charge in [-0.25, -0.2) is 0 Å². The molecule has 1 heterocycles. The lowest BCUT2D eigenvalue weighted by atomic mass is 10.2. The van der Waals surface area contributed by atoms with Gasteiger partial charge in [-0.05, 0) is 18.2 Å². The molecule has 0 fully saturated rings. The molecule has 0 bridgehead atoms. The van der Waals surface area contributed by atoms with Crippen LogP contribution in [0.4, 0.5) is 13.2 Å². The summed E-state index contributed by atoms with van der Waals surface area (Å²) in [6.45, 7) is 0. The van der Waals surface area contributed by atoms with Gasteiger partial charge < -0.3 is 4.74 Å². The maximum atomic E-state index is 12.0. The van der Waals surface area contributed by atoms with Crippen LogP contribution in [0.2, 0.25) is 0 Å². The van der Waals surface area contributed by atoms with E-state index >= 15 is 0 Å². The molecule has 0 unspecified atom stereocenters. The first-order valence-electron chi connectivity index (χ1n) is 4.71. The number of carbonyl (C=O) groups is 1. The number of hydrogen-bond acceptors (Lipinski definition) is 4. The van der Waals surface area contributed by atoms with Gasteiger partial charge in [-0.3, -0.25) is 4.79 Å². The summed E-state index contributed by atoms with van der Waals surface area (Å²) < 4.78 is 39.7. The lowest BCUT2D eigenvalue weighted by molar-refractivity contribution is -0.274. The normalized spacial score (nSPS) is 11.3. The lowest BCUT2D eigenvalue weighted by Gasteiger charge is -2.10. The summed E-state index contributed by atoms with van der Waals surface area (Å²) >= 11 is 0. The molecule has 0 saturated heterocycles. The molecule has 0 aliphatic heterocycles. The number of rotatable bonds is 3. The Morgan fingerprint density at radius 1 is 1.22 bits per heavy atom. The van der Waals surface area contributed by atoms with Gasteiger partial charge in [-0.1, -0.05) is 0 Å². The molecule has 2 aromatic rings. The number of alkyl halides is 3. The Morgan fingerprint density at radius 2 is 1.89 bits per heavy atom. The van der Waals surface area contributed by atoms with Crippen molar-refractivity contribution in [1.82, 2.24) is 15.0 Å². The number of hydrogen-bond donors (Lipinski definition) is 0. The first-order chi connectivity index (χ1) is 8.49. The zero-order chi connectivity index (χ0) is 13.2. The Kier molecular flexibility index (Phi) is 3.00. The summed E-state index contributed by atoms with van der Waals surface area (Å²) in [5, 5.41) is 7.57. The van der Waals surface area contributed by atoms with Gasteiger partial charge in [0.05, 0.1) is 18.1 Å². The van der Waals surface area contributed by atoms with E-state index in [9.17, 15) is 18.0 Å². The fourth-order valence-electron chi connectivity index (χ4n) is 1.35. The molecule has 0 aliphatic carbocycles. The number of aromatic nitrogens is 3. The molecule has 2 rings (SSSR count). The molecule has 0 N–H and O–H groups in total. The average Bonchev–Trinajstić information content (AvgIpc) is 2.80. The lowest BCUT2D eigenvalue weighted by Crippen LogP contribution is -2.17. The fraction of sp³-hybridized carbons (Fsp3) is 0.100. The van der Waals surface area contributed by atoms with Gasteiger partial charge in [-0.2, -0.15) is 15.0 Å². The van der Waals surface area contributed by atoms with Crippen molar-refractivity contribution < 1.29 is 22.7 Å². The minimum atomic E-state index is -4.80. The van der Waals surface area contributed by atoms with Crippen LogP contribution in [0, 0.1) is 0 Å². The first-order valence-corrected chi connectivity index (χ1v) is 4.71. The molecule has 0 amide bonds. The molecule has 5 nitrogen and oxygen atoms in total. The molecule has 0 aliphatic rings. The van der Waals surface area contributed by atoms with Crippen molar-refractivity contribution in [3.63, 3.8) is 0 Å². The molecule has 18 heavy (non-hydrogen) atoms. The van der Waals surface area contributed by atoms with Gasteiger partial charge in [-0.15, -0.1) is 13.2 Å². The van der Waals surface area contributed by atoms with Crippen LogP contribution < -0.4 is 4.74 Å². The molecule has 0 spiro atoms. The average molecular weight is 257 g/mol. The number of halogens is 3. The minimum absolute atomic E-state index is 0.00653. The maximum absolute atomic E-state index is 12.0. The third-order valence-corrected chi connectivity index (χ3v) is 1.99. The highest BCUT2D eigenvalue weighted by Gasteiger charge is 2.31. The molecule has 1 aromatic heterocycles. The van der Waals surface area contributed by atoms with Gasteiger partial charge in [0, 0.05) is 5.56 Å². The van der Waals surface area contributed by atoms with E-state index in [-0.39, 0.29) is 11.3 Å². The number of carbonyl (C=O) groups excluding carboxylic acids is 1. The van der Waals surface area contributed by atoms with Crippen molar-refractivity contribution in [1.29, 1.82) is 0 Å². The van der Waals surface area contributed by atoms with Gasteiger partial charge >= 0.3 is 6.36 Å². The Hall–Kier alpha value is -2.38. The molecular weight excluding hydrogens is 251 g/mol. The van der Waals surface area contributed by atoms with E-state index in [2.05, 4.69) is 14.9 Å². The summed E-state index contributed by atoms with van der Waals surface area (Å²) in [6, 6.07) is 3.32. The van der Waals surface area contributed by atoms with Crippen LogP contribution in [-0.4, -0.2) is 27.6 Å². The quantitative estimate of drug-likeness (QED) is 0.789. The summed E-state index contributed by atoms with van der Waals surface area (Å²) in [5.74, 6) is -0.472. The largest absolute Gasteiger partial charge is 0.573 e. The zero-order valence-electron chi connectivity index (χ0n) is 8.76. The van der Waals surface area contributed by atoms with Crippen LogP contribution in [0.25, 0.3) is 5.69 Å². The van der Waals surface area contributed by atoms with E-state index < -0.39 is 12.1 Å². The Balaban J connectivity index is 2.38. The second-order valence-electron chi connectivity index (χ2n) is 3.20. The topological polar surface area (TPSA) is 57.0 Å². The molecule has 94 valence electrons. The smallest absolute Gasteiger partial charge is 0.406 e. The summed E-state index contributed by atoms with van der Waals surface area (Å²) in [7, 11) is 0. The van der Waals surface area contributed by atoms with Crippen LogP contribution >= 0.6 is 0 Å². The summed E-state index contributed by atoms with van der Waals surface area (Å²) in [6.07, 6.45) is -1.63. The van der Waals surface area contributed by atoms with Crippen molar-refractivity contribution in [2.45, 2.75) is 6.36 Å². The first kappa shape index (κ1) is 12.1. The third kappa shape index (κ3) is 2.65. The zero-order valence-corrected chi connectivity index (χ0v) is 8.76. The van der Waals surface area contributed by atoms with E-state index in [1.807, 2.05) is 0 Å². The highest BCUT2D eigenvalue weighted by atomic mass is 19.4. The van der Waals surface area contributed by atoms with Crippen molar-refractivity contribution in [3.8, 4) is 11.4 Å². The van der Waals surface area contributed by atoms with Crippen molar-refractivity contribution in [3.05, 3.63) is 36.2 Å². The highest BCUT2D eigenvalue weighted by molar-refractivity contribution is 5.81. The molecule has 8 heteroatoms. The van der Waals surface area contributed by atoms with Crippen LogP contribution in [0.5, 0.6) is 5.75 Å². The highest BCUT2D eigenvalue weighted by Crippen LogP contribution is 2.25. The number of benzene rings is 1. The van der Waals surface area contributed by atoms with Gasteiger partial charge in [0.25, 0.3) is 0 Å². The van der Waals surface area contributed by atoms with Gasteiger partial charge in [0.15, 0.2) is 6.29 Å². The van der Waals surface area contributed by atoms with E-state index in [1.165, 1.54) is 18.5 Å². The van der Waals surface area contributed by atoms with E-state index in [0.717, 1.165) is 16.9 Å². The summed E-state index contributed by atoms with van der Waals surface area (Å²) in [4.78, 5) is 12.0. The minimum Gasteiger partial charge on any atom is -0.406 e. The van der Waals surface area contributed by atoms with Gasteiger partial charge in [0.2, 0.25) is 0 Å².